The molecule has 3 nitrogen and oxygen atoms in total. The van der Waals surface area contributed by atoms with Crippen LogP contribution in [0.2, 0.25) is 0 Å². The monoisotopic (exact) mass is 270 g/mol. The molecule has 3 aromatic rings. The number of rotatable bonds is 3. The van der Waals surface area contributed by atoms with E-state index in [4.69, 9.17) is 16.3 Å². The number of alkyl halides is 1. The summed E-state index contributed by atoms with van der Waals surface area (Å²) in [5, 5.41) is 1.09. The van der Waals surface area contributed by atoms with Crippen LogP contribution in [0.15, 0.2) is 55.0 Å². The van der Waals surface area contributed by atoms with Gasteiger partial charge in [0.2, 0.25) is 0 Å². The summed E-state index contributed by atoms with van der Waals surface area (Å²) in [6.45, 7) is 0. The predicted molar refractivity (Wildman–Crippen MR) is 75.6 cm³/mol. The average Bonchev–Trinajstić information content (AvgIpc) is 2.48. The topological polar surface area (TPSA) is 35.0 Å². The highest BCUT2D eigenvalue weighted by Crippen LogP contribution is 2.27. The minimum Gasteiger partial charge on any atom is -0.457 e. The normalized spacial score (nSPS) is 10.6. The van der Waals surface area contributed by atoms with E-state index < -0.39 is 0 Å². The smallest absolute Gasteiger partial charge is 0.134 e. The average molecular weight is 271 g/mol. The van der Waals surface area contributed by atoms with Crippen molar-refractivity contribution >= 4 is 22.5 Å². The van der Waals surface area contributed by atoms with Gasteiger partial charge in [-0.05, 0) is 24.3 Å². The number of hydrogen-bond acceptors (Lipinski definition) is 3. The fourth-order valence-electron chi connectivity index (χ4n) is 1.85. The first kappa shape index (κ1) is 11.9. The first-order valence-electron chi connectivity index (χ1n) is 5.88. The third-order valence-electron chi connectivity index (χ3n) is 2.81. The van der Waals surface area contributed by atoms with Crippen LogP contribution in [-0.4, -0.2) is 9.97 Å². The van der Waals surface area contributed by atoms with E-state index in [1.807, 2.05) is 30.3 Å². The zero-order chi connectivity index (χ0) is 13.1. The summed E-state index contributed by atoms with van der Waals surface area (Å²) in [7, 11) is 0. The molecule has 0 bridgehead atoms. The van der Waals surface area contributed by atoms with Crippen LogP contribution in [0.3, 0.4) is 0 Å². The maximum absolute atomic E-state index is 5.86. The molecular formula is C15H11ClN2O. The molecule has 0 amide bonds. The van der Waals surface area contributed by atoms with Crippen molar-refractivity contribution in [1.29, 1.82) is 0 Å². The maximum Gasteiger partial charge on any atom is 0.134 e. The van der Waals surface area contributed by atoms with Gasteiger partial charge in [0.05, 0.1) is 11.4 Å². The van der Waals surface area contributed by atoms with E-state index in [2.05, 4.69) is 9.97 Å². The van der Waals surface area contributed by atoms with E-state index in [0.29, 0.717) is 5.88 Å². The van der Waals surface area contributed by atoms with Crippen LogP contribution in [-0.2, 0) is 5.88 Å². The molecule has 0 aliphatic rings. The second-order valence-corrected chi connectivity index (χ2v) is 4.34. The van der Waals surface area contributed by atoms with E-state index in [1.54, 1.807) is 24.7 Å². The number of pyridine rings is 2. The van der Waals surface area contributed by atoms with Crippen LogP contribution in [0.25, 0.3) is 10.9 Å². The van der Waals surface area contributed by atoms with Gasteiger partial charge in [0.25, 0.3) is 0 Å². The van der Waals surface area contributed by atoms with Crippen molar-refractivity contribution < 1.29 is 4.74 Å². The molecule has 0 atom stereocenters. The number of fused-ring (bicyclic) bond motifs is 1. The molecule has 0 unspecified atom stereocenters. The zero-order valence-electron chi connectivity index (χ0n) is 10.1. The molecule has 0 N–H and O–H groups in total. The van der Waals surface area contributed by atoms with Crippen LogP contribution >= 0.6 is 11.6 Å². The Labute approximate surface area is 115 Å². The van der Waals surface area contributed by atoms with Gasteiger partial charge in [-0.15, -0.1) is 11.6 Å². The highest BCUT2D eigenvalue weighted by Gasteiger charge is 2.04. The van der Waals surface area contributed by atoms with Gasteiger partial charge in [-0.2, -0.15) is 0 Å². The van der Waals surface area contributed by atoms with Crippen molar-refractivity contribution in [2.24, 2.45) is 0 Å². The van der Waals surface area contributed by atoms with Crippen LogP contribution in [0.4, 0.5) is 0 Å². The number of ether oxygens (including phenoxy) is 1. The molecule has 19 heavy (non-hydrogen) atoms. The molecule has 0 saturated carbocycles. The Bertz CT molecular complexity index is 715. The van der Waals surface area contributed by atoms with Crippen molar-refractivity contribution in [2.75, 3.05) is 0 Å². The van der Waals surface area contributed by atoms with Gasteiger partial charge >= 0.3 is 0 Å². The molecule has 0 spiro atoms. The van der Waals surface area contributed by atoms with Crippen molar-refractivity contribution in [3.05, 3.63) is 60.6 Å². The second kappa shape index (κ2) is 5.24. The lowest BCUT2D eigenvalue weighted by Gasteiger charge is -2.09. The molecule has 2 aromatic heterocycles. The van der Waals surface area contributed by atoms with Gasteiger partial charge < -0.3 is 4.74 Å². The molecule has 94 valence electrons. The Balaban J connectivity index is 1.96. The molecular weight excluding hydrogens is 260 g/mol. The van der Waals surface area contributed by atoms with Crippen LogP contribution in [0.1, 0.15) is 5.56 Å². The zero-order valence-corrected chi connectivity index (χ0v) is 10.8. The lowest BCUT2D eigenvalue weighted by molar-refractivity contribution is 0.478. The third-order valence-corrected chi connectivity index (χ3v) is 3.10. The SMILES string of the molecule is ClCc1cnccc1Oc1ccc2cccnc2c1. The van der Waals surface area contributed by atoms with Gasteiger partial charge in [-0.25, -0.2) is 0 Å². The summed E-state index contributed by atoms with van der Waals surface area (Å²) < 4.78 is 5.84. The standard InChI is InChI=1S/C15H11ClN2O/c16-9-12-10-17-7-5-15(12)19-13-4-3-11-2-1-6-18-14(11)8-13/h1-8,10H,9H2. The quantitative estimate of drug-likeness (QED) is 0.670. The van der Waals surface area contributed by atoms with E-state index >= 15 is 0 Å². The van der Waals surface area contributed by atoms with Crippen molar-refractivity contribution in [2.45, 2.75) is 5.88 Å². The van der Waals surface area contributed by atoms with Gasteiger partial charge in [-0.1, -0.05) is 6.07 Å². The van der Waals surface area contributed by atoms with Crippen LogP contribution in [0, 0.1) is 0 Å². The lowest BCUT2D eigenvalue weighted by atomic mass is 10.2. The predicted octanol–water partition coefficient (Wildman–Crippen LogP) is 4.16. The lowest BCUT2D eigenvalue weighted by Crippen LogP contribution is -1.90. The van der Waals surface area contributed by atoms with E-state index in [0.717, 1.165) is 28.0 Å². The summed E-state index contributed by atoms with van der Waals surface area (Å²) in [6, 6.07) is 11.6. The van der Waals surface area contributed by atoms with Gasteiger partial charge in [0.15, 0.2) is 0 Å². The second-order valence-electron chi connectivity index (χ2n) is 4.08. The number of benzene rings is 1. The molecule has 1 aromatic carbocycles. The molecule has 0 radical (unpaired) electrons. The molecule has 0 aliphatic carbocycles. The number of hydrogen-bond donors (Lipinski definition) is 0. The Kier molecular flexibility index (Phi) is 3.29. The van der Waals surface area contributed by atoms with E-state index in [1.165, 1.54) is 0 Å². The molecule has 4 heteroatoms. The molecule has 3 rings (SSSR count). The molecule has 0 saturated heterocycles. The van der Waals surface area contributed by atoms with E-state index in [9.17, 15) is 0 Å². The molecule has 2 heterocycles. The first-order valence-corrected chi connectivity index (χ1v) is 6.42. The summed E-state index contributed by atoms with van der Waals surface area (Å²) in [5.74, 6) is 1.83. The minimum absolute atomic E-state index is 0.370. The van der Waals surface area contributed by atoms with Crippen LogP contribution in [0.5, 0.6) is 11.5 Å². The van der Waals surface area contributed by atoms with Crippen molar-refractivity contribution in [1.82, 2.24) is 9.97 Å². The fraction of sp³-hybridized carbons (Fsp3) is 0.0667. The third kappa shape index (κ3) is 2.51. The van der Waals surface area contributed by atoms with Crippen molar-refractivity contribution in [3.8, 4) is 11.5 Å². The Morgan fingerprint density at radius 3 is 2.95 bits per heavy atom. The van der Waals surface area contributed by atoms with Crippen LogP contribution < -0.4 is 4.74 Å². The molecule has 0 aliphatic heterocycles. The summed E-state index contributed by atoms with van der Waals surface area (Å²) >= 11 is 5.86. The summed E-state index contributed by atoms with van der Waals surface area (Å²) in [4.78, 5) is 8.34. The highest BCUT2D eigenvalue weighted by molar-refractivity contribution is 6.17. The Hall–Kier alpha value is -2.13. The largest absolute Gasteiger partial charge is 0.457 e. The van der Waals surface area contributed by atoms with Gasteiger partial charge in [0.1, 0.15) is 11.5 Å². The summed E-state index contributed by atoms with van der Waals surface area (Å²) in [5.41, 5.74) is 1.77. The highest BCUT2D eigenvalue weighted by atomic mass is 35.5. The first-order chi connectivity index (χ1) is 9.36. The Morgan fingerprint density at radius 2 is 2.05 bits per heavy atom. The molecule has 0 fully saturated rings. The number of nitrogens with zero attached hydrogens (tertiary/aromatic N) is 2. The minimum atomic E-state index is 0.370. The van der Waals surface area contributed by atoms with Gasteiger partial charge in [0, 0.05) is 35.6 Å². The maximum atomic E-state index is 5.86. The Morgan fingerprint density at radius 1 is 1.11 bits per heavy atom. The summed E-state index contributed by atoms with van der Waals surface area (Å²) in [6.07, 6.45) is 5.16. The number of halogens is 1. The van der Waals surface area contributed by atoms with Crippen molar-refractivity contribution in [3.63, 3.8) is 0 Å². The fourth-order valence-corrected chi connectivity index (χ4v) is 2.05. The number of aromatic nitrogens is 2. The van der Waals surface area contributed by atoms with Gasteiger partial charge in [-0.3, -0.25) is 9.97 Å². The van der Waals surface area contributed by atoms with E-state index in [-0.39, 0.29) is 0 Å².